The van der Waals surface area contributed by atoms with Crippen LogP contribution in [0, 0.1) is 11.3 Å². The summed E-state index contributed by atoms with van der Waals surface area (Å²) in [7, 11) is 0. The fourth-order valence-corrected chi connectivity index (χ4v) is 2.18. The van der Waals surface area contributed by atoms with Crippen LogP contribution in [-0.2, 0) is 0 Å². The van der Waals surface area contributed by atoms with Crippen LogP contribution in [0.4, 0.5) is 5.69 Å². The number of nitrogens with two attached hydrogens (primary N) is 1. The van der Waals surface area contributed by atoms with Crippen LogP contribution in [-0.4, -0.2) is 0 Å². The number of ether oxygens (including phenoxy) is 1. The Hall–Kier alpha value is -1.41. The van der Waals surface area contributed by atoms with Gasteiger partial charge in [-0.1, -0.05) is 23.2 Å². The second-order valence-corrected chi connectivity index (χ2v) is 5.33. The molecule has 0 saturated carbocycles. The lowest BCUT2D eigenvalue weighted by atomic mass is 10.2. The van der Waals surface area contributed by atoms with Crippen LogP contribution in [0.3, 0.4) is 0 Å². The van der Waals surface area contributed by atoms with Crippen molar-refractivity contribution < 1.29 is 4.74 Å². The first-order valence-electron chi connectivity index (χ1n) is 5.13. The second kappa shape index (κ2) is 5.70. The minimum absolute atomic E-state index is 0.360. The highest BCUT2D eigenvalue weighted by atomic mass is 79.9. The average Bonchev–Trinajstić information content (AvgIpc) is 2.36. The van der Waals surface area contributed by atoms with E-state index < -0.39 is 0 Å². The van der Waals surface area contributed by atoms with Crippen LogP contribution >= 0.6 is 39.1 Å². The predicted octanol–water partition coefficient (Wildman–Crippen LogP) is 5.00. The van der Waals surface area contributed by atoms with E-state index in [0.29, 0.717) is 37.3 Å². The van der Waals surface area contributed by atoms with E-state index >= 15 is 0 Å². The lowest BCUT2D eigenvalue weighted by Gasteiger charge is -2.10. The predicted molar refractivity (Wildman–Crippen MR) is 79.8 cm³/mol. The van der Waals surface area contributed by atoms with Crippen LogP contribution in [0.2, 0.25) is 10.0 Å². The van der Waals surface area contributed by atoms with E-state index in [0.717, 1.165) is 0 Å². The number of halogens is 3. The van der Waals surface area contributed by atoms with Crippen molar-refractivity contribution in [2.75, 3.05) is 5.73 Å². The van der Waals surface area contributed by atoms with Gasteiger partial charge in [-0.05, 0) is 40.2 Å². The fraction of sp³-hybridized carbons (Fsp3) is 0. The van der Waals surface area contributed by atoms with E-state index in [1.54, 1.807) is 24.3 Å². The summed E-state index contributed by atoms with van der Waals surface area (Å²) in [4.78, 5) is 0. The monoisotopic (exact) mass is 356 g/mol. The third kappa shape index (κ3) is 3.13. The zero-order valence-electron chi connectivity index (χ0n) is 9.45. The van der Waals surface area contributed by atoms with E-state index in [9.17, 15) is 0 Å². The molecule has 2 aromatic rings. The van der Waals surface area contributed by atoms with E-state index in [2.05, 4.69) is 15.9 Å². The smallest absolute Gasteiger partial charge is 0.151 e. The standard InChI is InChI=1S/C13H7BrCl2N2O/c14-9-3-8(2-1-7(9)6-17)19-13-5-11(16)10(15)4-12(13)18/h1-5H,18H2. The van der Waals surface area contributed by atoms with Gasteiger partial charge in [0.15, 0.2) is 5.75 Å². The van der Waals surface area contributed by atoms with Crippen molar-refractivity contribution in [1.82, 2.24) is 0 Å². The number of anilines is 1. The van der Waals surface area contributed by atoms with Gasteiger partial charge in [0.05, 0.1) is 21.3 Å². The molecule has 0 fully saturated rings. The van der Waals surface area contributed by atoms with Gasteiger partial charge in [0.1, 0.15) is 11.8 Å². The summed E-state index contributed by atoms with van der Waals surface area (Å²) in [6, 6.07) is 10.1. The molecule has 3 nitrogen and oxygen atoms in total. The lowest BCUT2D eigenvalue weighted by Crippen LogP contribution is -1.93. The molecule has 0 aliphatic rings. The maximum atomic E-state index is 8.84. The number of hydrogen-bond acceptors (Lipinski definition) is 3. The fourth-order valence-electron chi connectivity index (χ4n) is 1.41. The molecule has 2 rings (SSSR count). The third-order valence-electron chi connectivity index (χ3n) is 2.34. The molecule has 0 atom stereocenters. The molecule has 19 heavy (non-hydrogen) atoms. The number of nitriles is 1. The summed E-state index contributed by atoms with van der Waals surface area (Å²) >= 11 is 15.0. The largest absolute Gasteiger partial charge is 0.455 e. The molecule has 0 heterocycles. The van der Waals surface area contributed by atoms with Crippen molar-refractivity contribution in [3.63, 3.8) is 0 Å². The maximum Gasteiger partial charge on any atom is 0.151 e. The molecule has 0 saturated heterocycles. The Balaban J connectivity index is 2.34. The van der Waals surface area contributed by atoms with Crippen LogP contribution in [0.15, 0.2) is 34.8 Å². The van der Waals surface area contributed by atoms with Crippen LogP contribution in [0.1, 0.15) is 5.56 Å². The molecule has 0 bridgehead atoms. The van der Waals surface area contributed by atoms with Crippen molar-refractivity contribution in [3.8, 4) is 17.6 Å². The number of rotatable bonds is 2. The first-order chi connectivity index (χ1) is 9.01. The molecular weight excluding hydrogens is 351 g/mol. The third-order valence-corrected chi connectivity index (χ3v) is 3.72. The normalized spacial score (nSPS) is 10.0. The van der Waals surface area contributed by atoms with Crippen molar-refractivity contribution >= 4 is 44.8 Å². The van der Waals surface area contributed by atoms with Gasteiger partial charge in [0, 0.05) is 10.5 Å². The SMILES string of the molecule is N#Cc1ccc(Oc2cc(Cl)c(Cl)cc2N)cc1Br. The van der Waals surface area contributed by atoms with E-state index in [-0.39, 0.29) is 0 Å². The Bertz CT molecular complexity index is 683. The van der Waals surface area contributed by atoms with Gasteiger partial charge in [0.25, 0.3) is 0 Å². The first-order valence-corrected chi connectivity index (χ1v) is 6.68. The highest BCUT2D eigenvalue weighted by Crippen LogP contribution is 2.35. The topological polar surface area (TPSA) is 59.0 Å². The van der Waals surface area contributed by atoms with Crippen LogP contribution < -0.4 is 10.5 Å². The number of nitrogens with zero attached hydrogens (tertiary/aromatic N) is 1. The zero-order chi connectivity index (χ0) is 14.0. The van der Waals surface area contributed by atoms with Crippen molar-refractivity contribution in [2.24, 2.45) is 0 Å². The van der Waals surface area contributed by atoms with E-state index in [4.69, 9.17) is 38.9 Å². The summed E-state index contributed by atoms with van der Waals surface area (Å²) in [5, 5.41) is 9.57. The van der Waals surface area contributed by atoms with Crippen molar-refractivity contribution in [1.29, 1.82) is 5.26 Å². The van der Waals surface area contributed by atoms with Gasteiger partial charge in [-0.25, -0.2) is 0 Å². The summed E-state index contributed by atoms with van der Waals surface area (Å²) in [6.45, 7) is 0. The van der Waals surface area contributed by atoms with Gasteiger partial charge in [-0.2, -0.15) is 5.26 Å². The second-order valence-electron chi connectivity index (χ2n) is 3.66. The Labute approximate surface area is 128 Å². The summed E-state index contributed by atoms with van der Waals surface area (Å²) in [5.74, 6) is 0.946. The number of nitrogen functional groups attached to an aromatic ring is 1. The Kier molecular flexibility index (Phi) is 4.20. The van der Waals surface area contributed by atoms with E-state index in [1.807, 2.05) is 6.07 Å². The molecule has 0 aliphatic heterocycles. The molecule has 2 aromatic carbocycles. The molecular formula is C13H7BrCl2N2O. The van der Waals surface area contributed by atoms with Gasteiger partial charge >= 0.3 is 0 Å². The van der Waals surface area contributed by atoms with E-state index in [1.165, 1.54) is 6.07 Å². The first kappa shape index (κ1) is 14.0. The van der Waals surface area contributed by atoms with Crippen LogP contribution in [0.5, 0.6) is 11.5 Å². The Morgan fingerprint density at radius 2 is 1.84 bits per heavy atom. The van der Waals surface area contributed by atoms with Crippen molar-refractivity contribution in [3.05, 3.63) is 50.4 Å². The molecule has 0 amide bonds. The molecule has 2 N–H and O–H groups in total. The minimum atomic E-state index is 0.360. The van der Waals surface area contributed by atoms with Gasteiger partial charge < -0.3 is 10.5 Å². The zero-order valence-corrected chi connectivity index (χ0v) is 12.6. The van der Waals surface area contributed by atoms with Crippen molar-refractivity contribution in [2.45, 2.75) is 0 Å². The minimum Gasteiger partial charge on any atom is -0.455 e. The molecule has 96 valence electrons. The molecule has 0 spiro atoms. The summed E-state index contributed by atoms with van der Waals surface area (Å²) in [5.41, 5.74) is 6.71. The summed E-state index contributed by atoms with van der Waals surface area (Å²) < 4.78 is 6.26. The molecule has 0 unspecified atom stereocenters. The number of benzene rings is 2. The Morgan fingerprint density at radius 1 is 1.16 bits per heavy atom. The molecule has 0 aromatic heterocycles. The van der Waals surface area contributed by atoms with Gasteiger partial charge in [-0.15, -0.1) is 0 Å². The lowest BCUT2D eigenvalue weighted by molar-refractivity contribution is 0.484. The maximum absolute atomic E-state index is 8.84. The highest BCUT2D eigenvalue weighted by molar-refractivity contribution is 9.10. The summed E-state index contributed by atoms with van der Waals surface area (Å²) in [6.07, 6.45) is 0. The quantitative estimate of drug-likeness (QED) is 0.769. The molecule has 0 aliphatic carbocycles. The Morgan fingerprint density at radius 3 is 2.47 bits per heavy atom. The highest BCUT2D eigenvalue weighted by Gasteiger charge is 2.08. The van der Waals surface area contributed by atoms with Crippen LogP contribution in [0.25, 0.3) is 0 Å². The molecule has 0 radical (unpaired) electrons. The molecule has 6 heteroatoms. The van der Waals surface area contributed by atoms with Gasteiger partial charge in [0.2, 0.25) is 0 Å². The van der Waals surface area contributed by atoms with Gasteiger partial charge in [-0.3, -0.25) is 0 Å². The average molecular weight is 358 g/mol. The number of hydrogen-bond donors (Lipinski definition) is 1.